The summed E-state index contributed by atoms with van der Waals surface area (Å²) < 4.78 is 33.1. The van der Waals surface area contributed by atoms with Gasteiger partial charge in [0, 0.05) is 32.3 Å². The van der Waals surface area contributed by atoms with Gasteiger partial charge in [0.2, 0.25) is 10.0 Å². The van der Waals surface area contributed by atoms with Crippen molar-refractivity contribution in [3.8, 4) is 0 Å². The Morgan fingerprint density at radius 1 is 1.47 bits per heavy atom. The zero-order valence-electron chi connectivity index (χ0n) is 10.8. The fourth-order valence-electron chi connectivity index (χ4n) is 2.14. The molecule has 1 aromatic rings. The summed E-state index contributed by atoms with van der Waals surface area (Å²) in [4.78, 5) is 0.230. The lowest BCUT2D eigenvalue weighted by molar-refractivity contribution is 0.0604. The van der Waals surface area contributed by atoms with Crippen LogP contribution in [0.5, 0.6) is 0 Å². The molecule has 1 fully saturated rings. The highest BCUT2D eigenvalue weighted by molar-refractivity contribution is 7.89. The Morgan fingerprint density at radius 3 is 2.74 bits per heavy atom. The van der Waals surface area contributed by atoms with Gasteiger partial charge in [0.25, 0.3) is 0 Å². The molecule has 0 saturated carbocycles. The van der Waals surface area contributed by atoms with Crippen molar-refractivity contribution in [2.75, 3.05) is 26.1 Å². The standard InChI is InChI=1S/C11H18ClN3O3S/c1-18-10-2-5-15(6-3-10)19(16,17)11-8-13-14(9-11)7-4-12/h8-10H,2-7H2,1H3. The number of aryl methyl sites for hydroxylation is 1. The summed E-state index contributed by atoms with van der Waals surface area (Å²) in [6.07, 6.45) is 4.52. The van der Waals surface area contributed by atoms with Crippen LogP contribution in [0.2, 0.25) is 0 Å². The predicted octanol–water partition coefficient (Wildman–Crippen LogP) is 0.921. The molecule has 1 saturated heterocycles. The van der Waals surface area contributed by atoms with Crippen LogP contribution in [0, 0.1) is 0 Å². The zero-order valence-corrected chi connectivity index (χ0v) is 12.4. The third-order valence-corrected chi connectivity index (χ3v) is 5.32. The Bertz CT molecular complexity index is 509. The summed E-state index contributed by atoms with van der Waals surface area (Å²) in [5, 5.41) is 4.00. The second-order valence-electron chi connectivity index (χ2n) is 4.47. The van der Waals surface area contributed by atoms with Crippen molar-refractivity contribution < 1.29 is 13.2 Å². The maximum Gasteiger partial charge on any atom is 0.246 e. The summed E-state index contributed by atoms with van der Waals surface area (Å²) in [6, 6.07) is 0. The molecule has 0 unspecified atom stereocenters. The lowest BCUT2D eigenvalue weighted by Crippen LogP contribution is -2.40. The van der Waals surface area contributed by atoms with Crippen LogP contribution in [0.1, 0.15) is 12.8 Å². The van der Waals surface area contributed by atoms with E-state index in [0.717, 1.165) is 12.8 Å². The maximum atomic E-state index is 12.4. The molecule has 0 radical (unpaired) electrons. The highest BCUT2D eigenvalue weighted by Crippen LogP contribution is 2.21. The van der Waals surface area contributed by atoms with E-state index in [-0.39, 0.29) is 11.0 Å². The Morgan fingerprint density at radius 2 is 2.16 bits per heavy atom. The monoisotopic (exact) mass is 307 g/mol. The number of hydrogen-bond donors (Lipinski definition) is 0. The normalized spacial score (nSPS) is 18.8. The van der Waals surface area contributed by atoms with Crippen molar-refractivity contribution in [1.29, 1.82) is 0 Å². The van der Waals surface area contributed by atoms with Crippen LogP contribution in [0.4, 0.5) is 0 Å². The maximum absolute atomic E-state index is 12.4. The van der Waals surface area contributed by atoms with Crippen molar-refractivity contribution in [1.82, 2.24) is 14.1 Å². The van der Waals surface area contributed by atoms with Crippen LogP contribution < -0.4 is 0 Å². The number of rotatable bonds is 5. The van der Waals surface area contributed by atoms with Crippen molar-refractivity contribution in [3.63, 3.8) is 0 Å². The Kier molecular flexibility index (Phi) is 4.83. The third-order valence-electron chi connectivity index (χ3n) is 3.30. The van der Waals surface area contributed by atoms with Gasteiger partial charge in [0.05, 0.1) is 18.8 Å². The molecule has 0 aromatic carbocycles. The van der Waals surface area contributed by atoms with Gasteiger partial charge >= 0.3 is 0 Å². The smallest absolute Gasteiger partial charge is 0.246 e. The topological polar surface area (TPSA) is 64.4 Å². The molecule has 6 nitrogen and oxygen atoms in total. The summed E-state index contributed by atoms with van der Waals surface area (Å²) in [6.45, 7) is 1.48. The molecule has 0 bridgehead atoms. The van der Waals surface area contributed by atoms with Crippen molar-refractivity contribution in [3.05, 3.63) is 12.4 Å². The number of methoxy groups -OCH3 is 1. The Labute approximate surface area is 118 Å². The van der Waals surface area contributed by atoms with E-state index in [1.54, 1.807) is 11.8 Å². The van der Waals surface area contributed by atoms with Gasteiger partial charge in [-0.3, -0.25) is 4.68 Å². The van der Waals surface area contributed by atoms with Gasteiger partial charge in [-0.2, -0.15) is 9.40 Å². The minimum Gasteiger partial charge on any atom is -0.381 e. The van der Waals surface area contributed by atoms with Crippen LogP contribution in [-0.4, -0.2) is 54.7 Å². The van der Waals surface area contributed by atoms with Crippen LogP contribution in [0.15, 0.2) is 17.3 Å². The molecule has 108 valence electrons. The van der Waals surface area contributed by atoms with Gasteiger partial charge in [-0.15, -0.1) is 11.6 Å². The first-order chi connectivity index (χ1) is 9.07. The van der Waals surface area contributed by atoms with Gasteiger partial charge in [-0.05, 0) is 12.8 Å². The third kappa shape index (κ3) is 3.28. The van der Waals surface area contributed by atoms with Crippen molar-refractivity contribution in [2.24, 2.45) is 0 Å². The highest BCUT2D eigenvalue weighted by Gasteiger charge is 2.30. The van der Waals surface area contributed by atoms with Gasteiger partial charge in [-0.25, -0.2) is 8.42 Å². The SMILES string of the molecule is COC1CCN(S(=O)(=O)c2cnn(CCCl)c2)CC1. The molecule has 0 N–H and O–H groups in total. The summed E-state index contributed by atoms with van der Waals surface area (Å²) >= 11 is 5.61. The molecule has 0 atom stereocenters. The summed E-state index contributed by atoms with van der Waals surface area (Å²) in [5.74, 6) is 0.403. The molecular weight excluding hydrogens is 290 g/mol. The first-order valence-corrected chi connectivity index (χ1v) is 8.16. The van der Waals surface area contributed by atoms with E-state index < -0.39 is 10.0 Å². The minimum atomic E-state index is -3.44. The number of piperidine rings is 1. The molecule has 1 aromatic heterocycles. The number of alkyl halides is 1. The quantitative estimate of drug-likeness (QED) is 0.759. The first-order valence-electron chi connectivity index (χ1n) is 6.19. The molecule has 0 spiro atoms. The van der Waals surface area contributed by atoms with Crippen LogP contribution >= 0.6 is 11.6 Å². The fourth-order valence-corrected chi connectivity index (χ4v) is 3.74. The molecule has 0 aliphatic carbocycles. The van der Waals surface area contributed by atoms with Crippen molar-refractivity contribution >= 4 is 21.6 Å². The second kappa shape index (κ2) is 6.21. The molecule has 1 aliphatic rings. The highest BCUT2D eigenvalue weighted by atomic mass is 35.5. The van der Waals surface area contributed by atoms with E-state index >= 15 is 0 Å². The second-order valence-corrected chi connectivity index (χ2v) is 6.78. The van der Waals surface area contributed by atoms with E-state index in [2.05, 4.69) is 5.10 Å². The van der Waals surface area contributed by atoms with E-state index in [9.17, 15) is 8.42 Å². The van der Waals surface area contributed by atoms with Gasteiger partial charge in [0.15, 0.2) is 0 Å². The summed E-state index contributed by atoms with van der Waals surface area (Å²) in [7, 11) is -1.78. The molecule has 8 heteroatoms. The lowest BCUT2D eigenvalue weighted by Gasteiger charge is -2.29. The Hall–Kier alpha value is -0.630. The molecule has 2 rings (SSSR count). The number of nitrogens with zero attached hydrogens (tertiary/aromatic N) is 3. The Balaban J connectivity index is 2.09. The predicted molar refractivity (Wildman–Crippen MR) is 71.7 cm³/mol. The molecular formula is C11H18ClN3O3S. The van der Waals surface area contributed by atoms with Gasteiger partial charge in [-0.1, -0.05) is 0 Å². The number of sulfonamides is 1. The minimum absolute atomic E-state index is 0.158. The number of hydrogen-bond acceptors (Lipinski definition) is 4. The van der Waals surface area contributed by atoms with Crippen LogP contribution in [0.25, 0.3) is 0 Å². The van der Waals surface area contributed by atoms with E-state index in [4.69, 9.17) is 16.3 Å². The van der Waals surface area contributed by atoms with Gasteiger partial charge < -0.3 is 4.74 Å². The van der Waals surface area contributed by atoms with Crippen LogP contribution in [-0.2, 0) is 21.3 Å². The number of ether oxygens (including phenoxy) is 1. The first kappa shape index (κ1) is 14.8. The summed E-state index contributed by atoms with van der Waals surface area (Å²) in [5.41, 5.74) is 0. The molecule has 0 amide bonds. The number of aromatic nitrogens is 2. The van der Waals surface area contributed by atoms with Gasteiger partial charge in [0.1, 0.15) is 4.90 Å². The fraction of sp³-hybridized carbons (Fsp3) is 0.727. The number of halogens is 1. The average Bonchev–Trinajstić information content (AvgIpc) is 2.89. The van der Waals surface area contributed by atoms with E-state index in [0.29, 0.717) is 25.5 Å². The molecule has 2 heterocycles. The zero-order chi connectivity index (χ0) is 13.9. The van der Waals surface area contributed by atoms with E-state index in [1.165, 1.54) is 16.7 Å². The molecule has 1 aliphatic heterocycles. The van der Waals surface area contributed by atoms with E-state index in [1.807, 2.05) is 0 Å². The average molecular weight is 308 g/mol. The lowest BCUT2D eigenvalue weighted by atomic mass is 10.1. The van der Waals surface area contributed by atoms with Crippen LogP contribution in [0.3, 0.4) is 0 Å². The van der Waals surface area contributed by atoms with Crippen molar-refractivity contribution in [2.45, 2.75) is 30.4 Å². The largest absolute Gasteiger partial charge is 0.381 e. The molecule has 19 heavy (non-hydrogen) atoms.